The second-order valence-electron chi connectivity index (χ2n) is 9.64. The van der Waals surface area contributed by atoms with Gasteiger partial charge in [0.2, 0.25) is 11.8 Å². The second-order valence-corrected chi connectivity index (χ2v) is 10.7. The first-order valence-corrected chi connectivity index (χ1v) is 12.3. The number of ether oxygens (including phenoxy) is 1. The molecule has 0 atom stereocenters. The van der Waals surface area contributed by atoms with Crippen LogP contribution in [0, 0.1) is 12.3 Å². The molecule has 2 amide bonds. The molecule has 36 heavy (non-hydrogen) atoms. The number of pyridine rings is 2. The molecule has 1 fully saturated rings. The lowest BCUT2D eigenvalue weighted by Crippen LogP contribution is -2.54. The van der Waals surface area contributed by atoms with Gasteiger partial charge in [-0.05, 0) is 24.5 Å². The summed E-state index contributed by atoms with van der Waals surface area (Å²) in [5.41, 5.74) is 3.12. The van der Waals surface area contributed by atoms with Gasteiger partial charge < -0.3 is 15.4 Å². The molecule has 0 radical (unpaired) electrons. The SMILES string of the molecule is COc1cccc(-c2cn3ncc(C(=O)Nc4cc(NC(=O)CN5CC(C)(C)C5)cnc4C)c3s2)n1. The van der Waals surface area contributed by atoms with Gasteiger partial charge in [0.15, 0.2) is 0 Å². The standard InChI is InChI=1S/C25H27N7O3S/c1-15-19(8-16(9-26-15)28-21(33)12-31-13-25(2,3)14-31)30-23(34)17-10-27-32-11-20(36-24(17)32)18-6-5-7-22(29-18)35-4/h5-11H,12-14H2,1-4H3,(H,28,33)(H,30,34). The molecule has 0 aromatic carbocycles. The summed E-state index contributed by atoms with van der Waals surface area (Å²) in [6.45, 7) is 8.28. The minimum absolute atomic E-state index is 0.107. The van der Waals surface area contributed by atoms with Crippen molar-refractivity contribution in [1.29, 1.82) is 0 Å². The monoisotopic (exact) mass is 505 g/mol. The molecule has 1 aliphatic heterocycles. The summed E-state index contributed by atoms with van der Waals surface area (Å²) in [5, 5.41) is 10.1. The number of aromatic nitrogens is 4. The molecular formula is C25H27N7O3S. The minimum atomic E-state index is -0.312. The van der Waals surface area contributed by atoms with E-state index in [2.05, 4.69) is 44.4 Å². The number of anilines is 2. The topological polar surface area (TPSA) is 114 Å². The molecule has 10 nitrogen and oxygen atoms in total. The number of carbonyl (C=O) groups excluding carboxylic acids is 2. The number of hydrogen-bond donors (Lipinski definition) is 2. The van der Waals surface area contributed by atoms with Gasteiger partial charge in [0.05, 0.1) is 59.3 Å². The first-order chi connectivity index (χ1) is 17.2. The zero-order valence-corrected chi connectivity index (χ0v) is 21.3. The third kappa shape index (κ3) is 4.93. The average molecular weight is 506 g/mol. The van der Waals surface area contributed by atoms with Crippen LogP contribution in [0.4, 0.5) is 11.4 Å². The third-order valence-electron chi connectivity index (χ3n) is 5.92. The molecule has 5 heterocycles. The highest BCUT2D eigenvalue weighted by atomic mass is 32.1. The summed E-state index contributed by atoms with van der Waals surface area (Å²) in [6, 6.07) is 7.24. The molecule has 0 saturated carbocycles. The molecule has 5 rings (SSSR count). The van der Waals surface area contributed by atoms with Crippen LogP contribution >= 0.6 is 11.3 Å². The third-order valence-corrected chi connectivity index (χ3v) is 7.05. The molecule has 1 saturated heterocycles. The largest absolute Gasteiger partial charge is 0.481 e. The van der Waals surface area contributed by atoms with Crippen LogP contribution in [0.5, 0.6) is 5.88 Å². The van der Waals surface area contributed by atoms with Gasteiger partial charge in [-0.15, -0.1) is 11.3 Å². The zero-order chi connectivity index (χ0) is 25.4. The van der Waals surface area contributed by atoms with Gasteiger partial charge in [-0.3, -0.25) is 19.5 Å². The predicted octanol–water partition coefficient (Wildman–Crippen LogP) is 3.70. The van der Waals surface area contributed by atoms with Crippen LogP contribution in [0.1, 0.15) is 29.9 Å². The van der Waals surface area contributed by atoms with Crippen molar-refractivity contribution in [2.75, 3.05) is 37.4 Å². The fourth-order valence-electron chi connectivity index (χ4n) is 4.32. The van der Waals surface area contributed by atoms with Gasteiger partial charge in [-0.1, -0.05) is 19.9 Å². The van der Waals surface area contributed by atoms with E-state index in [4.69, 9.17) is 4.74 Å². The van der Waals surface area contributed by atoms with Crippen LogP contribution < -0.4 is 15.4 Å². The summed E-state index contributed by atoms with van der Waals surface area (Å²) in [4.78, 5) is 38.1. The van der Waals surface area contributed by atoms with Gasteiger partial charge in [0.25, 0.3) is 5.91 Å². The van der Waals surface area contributed by atoms with Crippen LogP contribution in [-0.2, 0) is 4.79 Å². The van der Waals surface area contributed by atoms with Gasteiger partial charge in [0, 0.05) is 25.4 Å². The molecule has 0 spiro atoms. The highest BCUT2D eigenvalue weighted by Crippen LogP contribution is 2.31. The second kappa shape index (κ2) is 9.32. The molecule has 1 aliphatic rings. The van der Waals surface area contributed by atoms with E-state index in [1.165, 1.54) is 17.5 Å². The van der Waals surface area contributed by atoms with Crippen LogP contribution in [0.25, 0.3) is 15.4 Å². The number of fused-ring (bicyclic) bond motifs is 1. The maximum atomic E-state index is 13.2. The van der Waals surface area contributed by atoms with E-state index in [0.29, 0.717) is 39.9 Å². The van der Waals surface area contributed by atoms with E-state index < -0.39 is 0 Å². The number of amides is 2. The van der Waals surface area contributed by atoms with Crippen molar-refractivity contribution in [2.24, 2.45) is 5.41 Å². The Bertz CT molecular complexity index is 1450. The fourth-order valence-corrected chi connectivity index (χ4v) is 5.35. The number of nitrogens with one attached hydrogen (secondary N) is 2. The quantitative estimate of drug-likeness (QED) is 0.394. The van der Waals surface area contributed by atoms with Crippen molar-refractivity contribution in [3.05, 3.63) is 54.1 Å². The van der Waals surface area contributed by atoms with Gasteiger partial charge in [0.1, 0.15) is 4.83 Å². The molecule has 4 aromatic rings. The lowest BCUT2D eigenvalue weighted by atomic mass is 9.84. The smallest absolute Gasteiger partial charge is 0.260 e. The van der Waals surface area contributed by atoms with Crippen molar-refractivity contribution >= 4 is 39.4 Å². The Balaban J connectivity index is 1.30. The fraction of sp³-hybridized carbons (Fsp3) is 0.320. The van der Waals surface area contributed by atoms with Crippen molar-refractivity contribution in [3.63, 3.8) is 0 Å². The summed E-state index contributed by atoms with van der Waals surface area (Å²) >= 11 is 1.41. The molecule has 0 unspecified atom stereocenters. The van der Waals surface area contributed by atoms with Crippen LogP contribution in [-0.4, -0.2) is 63.0 Å². The molecule has 186 valence electrons. The molecular weight excluding hydrogens is 478 g/mol. The Kier molecular flexibility index (Phi) is 6.19. The molecule has 4 aromatic heterocycles. The number of methoxy groups -OCH3 is 1. The zero-order valence-electron chi connectivity index (χ0n) is 20.5. The first-order valence-electron chi connectivity index (χ1n) is 11.5. The lowest BCUT2D eigenvalue weighted by molar-refractivity contribution is -0.120. The number of nitrogens with zero attached hydrogens (tertiary/aromatic N) is 5. The molecule has 2 N–H and O–H groups in total. The normalized spacial score (nSPS) is 14.9. The molecule has 0 bridgehead atoms. The predicted molar refractivity (Wildman–Crippen MR) is 139 cm³/mol. The maximum absolute atomic E-state index is 13.2. The van der Waals surface area contributed by atoms with Crippen molar-refractivity contribution in [1.82, 2.24) is 24.5 Å². The lowest BCUT2D eigenvalue weighted by Gasteiger charge is -2.45. The van der Waals surface area contributed by atoms with E-state index in [1.54, 1.807) is 36.9 Å². The van der Waals surface area contributed by atoms with Crippen LogP contribution in [0.2, 0.25) is 0 Å². The van der Waals surface area contributed by atoms with E-state index in [9.17, 15) is 9.59 Å². The summed E-state index contributed by atoms with van der Waals surface area (Å²) < 4.78 is 6.87. The number of likely N-dealkylation sites (tertiary alicyclic amines) is 1. The van der Waals surface area contributed by atoms with Crippen molar-refractivity contribution in [3.8, 4) is 16.5 Å². The summed E-state index contributed by atoms with van der Waals surface area (Å²) in [7, 11) is 1.57. The molecule has 0 aliphatic carbocycles. The highest BCUT2D eigenvalue weighted by molar-refractivity contribution is 7.21. The number of thiazole rings is 1. The number of rotatable bonds is 7. The van der Waals surface area contributed by atoms with Crippen molar-refractivity contribution in [2.45, 2.75) is 20.8 Å². The Morgan fingerprint density at radius 3 is 2.75 bits per heavy atom. The number of aryl methyl sites for hydroxylation is 1. The Morgan fingerprint density at radius 2 is 2.00 bits per heavy atom. The van der Waals surface area contributed by atoms with Crippen molar-refractivity contribution < 1.29 is 14.3 Å². The van der Waals surface area contributed by atoms with E-state index in [1.807, 2.05) is 18.3 Å². The average Bonchev–Trinajstić information content (AvgIpc) is 3.41. The number of carbonyl (C=O) groups is 2. The van der Waals surface area contributed by atoms with Crippen LogP contribution in [0.3, 0.4) is 0 Å². The van der Waals surface area contributed by atoms with E-state index >= 15 is 0 Å². The van der Waals surface area contributed by atoms with Gasteiger partial charge >= 0.3 is 0 Å². The van der Waals surface area contributed by atoms with Crippen LogP contribution in [0.15, 0.2) is 42.9 Å². The Morgan fingerprint density at radius 1 is 1.19 bits per heavy atom. The Labute approximate surface area is 212 Å². The van der Waals surface area contributed by atoms with E-state index in [-0.39, 0.29) is 17.2 Å². The number of hydrogen-bond acceptors (Lipinski definition) is 8. The van der Waals surface area contributed by atoms with E-state index in [0.717, 1.165) is 23.7 Å². The Hall–Kier alpha value is -3.83. The maximum Gasteiger partial charge on any atom is 0.260 e. The van der Waals surface area contributed by atoms with Gasteiger partial charge in [-0.2, -0.15) is 5.10 Å². The minimum Gasteiger partial charge on any atom is -0.481 e. The highest BCUT2D eigenvalue weighted by Gasteiger charge is 2.34. The summed E-state index contributed by atoms with van der Waals surface area (Å²) in [5.74, 6) is 0.0948. The van der Waals surface area contributed by atoms with Gasteiger partial charge in [-0.25, -0.2) is 9.50 Å². The summed E-state index contributed by atoms with van der Waals surface area (Å²) in [6.07, 6.45) is 4.96. The molecule has 11 heteroatoms. The first kappa shape index (κ1) is 23.9.